The van der Waals surface area contributed by atoms with E-state index < -0.39 is 0 Å². The Morgan fingerprint density at radius 2 is 1.77 bits per heavy atom. The van der Waals surface area contributed by atoms with Crippen molar-refractivity contribution in [1.29, 1.82) is 0 Å². The number of fused-ring (bicyclic) bond motifs is 1. The number of halogens is 2. The molecule has 0 bridgehead atoms. The molecule has 5 rings (SSSR count). The van der Waals surface area contributed by atoms with Crippen LogP contribution < -0.4 is 5.56 Å². The summed E-state index contributed by atoms with van der Waals surface area (Å²) in [5, 5.41) is 5.93. The fraction of sp³-hybridized carbons (Fsp3) is 0. The van der Waals surface area contributed by atoms with Crippen molar-refractivity contribution >= 4 is 34.3 Å². The molecule has 0 amide bonds. The maximum atomic E-state index is 13.4. The van der Waals surface area contributed by atoms with Gasteiger partial charge in [-0.05, 0) is 60.7 Å². The molecule has 3 aromatic carbocycles. The third kappa shape index (κ3) is 3.97. The Morgan fingerprint density at radius 3 is 2.55 bits per heavy atom. The highest BCUT2D eigenvalue weighted by molar-refractivity contribution is 7.99. The topological polar surface area (TPSA) is 63.6 Å². The molecule has 152 valence electrons. The summed E-state index contributed by atoms with van der Waals surface area (Å²) in [4.78, 5) is 20.8. The fourth-order valence-electron chi connectivity index (χ4n) is 3.20. The van der Waals surface area contributed by atoms with Crippen molar-refractivity contribution in [3.63, 3.8) is 0 Å². The quantitative estimate of drug-likeness (QED) is 0.382. The lowest BCUT2D eigenvalue weighted by Crippen LogP contribution is -2.05. The Labute approximate surface area is 185 Å². The van der Waals surface area contributed by atoms with E-state index in [0.29, 0.717) is 15.9 Å². The van der Waals surface area contributed by atoms with Gasteiger partial charge in [0.05, 0.1) is 27.8 Å². The van der Waals surface area contributed by atoms with Gasteiger partial charge in [-0.1, -0.05) is 29.4 Å². The van der Waals surface area contributed by atoms with Gasteiger partial charge in [-0.3, -0.25) is 4.79 Å². The minimum absolute atomic E-state index is 0.191. The number of aromatic nitrogens is 4. The Bertz CT molecular complexity index is 1450. The third-order valence-electron chi connectivity index (χ3n) is 4.73. The molecule has 1 N–H and O–H groups in total. The highest BCUT2D eigenvalue weighted by Gasteiger charge is 2.15. The van der Waals surface area contributed by atoms with Crippen LogP contribution in [0.3, 0.4) is 0 Å². The first-order chi connectivity index (χ1) is 15.1. The molecule has 0 spiro atoms. The number of rotatable bonds is 4. The van der Waals surface area contributed by atoms with Crippen molar-refractivity contribution in [1.82, 2.24) is 19.7 Å². The summed E-state index contributed by atoms with van der Waals surface area (Å²) < 4.78 is 15.1. The lowest BCUT2D eigenvalue weighted by atomic mass is 10.1. The van der Waals surface area contributed by atoms with Crippen LogP contribution in [-0.4, -0.2) is 19.7 Å². The van der Waals surface area contributed by atoms with Gasteiger partial charge < -0.3 is 4.98 Å². The van der Waals surface area contributed by atoms with Crippen molar-refractivity contribution in [3.05, 3.63) is 100 Å². The van der Waals surface area contributed by atoms with Crippen LogP contribution in [0.15, 0.2) is 93.8 Å². The molecule has 0 aliphatic rings. The molecule has 5 aromatic rings. The SMILES string of the molecule is O=c1[nH]cnc2cc(-c3nn(-c4ccc(F)cc4)cc3Sc3ccc(Cl)cc3)ccc12. The lowest BCUT2D eigenvalue weighted by Gasteiger charge is -2.04. The maximum absolute atomic E-state index is 13.4. The minimum atomic E-state index is -0.308. The molecule has 2 aromatic heterocycles. The smallest absolute Gasteiger partial charge is 0.258 e. The minimum Gasteiger partial charge on any atom is -0.313 e. The van der Waals surface area contributed by atoms with Gasteiger partial charge in [-0.15, -0.1) is 0 Å². The number of H-pyrrole nitrogens is 1. The van der Waals surface area contributed by atoms with Crippen LogP contribution in [0.5, 0.6) is 0 Å². The van der Waals surface area contributed by atoms with E-state index in [9.17, 15) is 9.18 Å². The molecule has 0 radical (unpaired) electrons. The lowest BCUT2D eigenvalue weighted by molar-refractivity contribution is 0.627. The molecular weight excluding hydrogens is 435 g/mol. The Kier molecular flexibility index (Phi) is 5.05. The van der Waals surface area contributed by atoms with Crippen molar-refractivity contribution < 1.29 is 4.39 Å². The predicted octanol–water partition coefficient (Wildman–Crippen LogP) is 5.72. The molecule has 0 saturated carbocycles. The van der Waals surface area contributed by atoms with Gasteiger partial charge >= 0.3 is 0 Å². The summed E-state index contributed by atoms with van der Waals surface area (Å²) in [6.07, 6.45) is 3.28. The van der Waals surface area contributed by atoms with E-state index in [-0.39, 0.29) is 11.4 Å². The van der Waals surface area contributed by atoms with Crippen LogP contribution in [0.1, 0.15) is 0 Å². The predicted molar refractivity (Wildman–Crippen MR) is 120 cm³/mol. The average molecular weight is 449 g/mol. The van der Waals surface area contributed by atoms with Gasteiger partial charge in [-0.25, -0.2) is 14.1 Å². The molecule has 0 aliphatic heterocycles. The summed E-state index contributed by atoms with van der Waals surface area (Å²) >= 11 is 7.56. The summed E-state index contributed by atoms with van der Waals surface area (Å²) in [6, 6.07) is 19.1. The number of benzene rings is 3. The van der Waals surface area contributed by atoms with Gasteiger partial charge in [0.2, 0.25) is 0 Å². The standard InChI is InChI=1S/C23H14ClFN4OS/c24-15-2-8-18(9-3-15)31-21-12-29(17-6-4-16(25)5-7-17)28-22(21)14-1-10-19-20(11-14)26-13-27-23(19)30/h1-13H,(H,26,27,30). The molecule has 0 unspecified atom stereocenters. The molecule has 0 saturated heterocycles. The monoisotopic (exact) mass is 448 g/mol. The number of nitrogens with zero attached hydrogens (tertiary/aromatic N) is 3. The summed E-state index contributed by atoms with van der Waals surface area (Å²) in [6.45, 7) is 0. The van der Waals surface area contributed by atoms with Gasteiger partial charge in [0.1, 0.15) is 11.5 Å². The second kappa shape index (κ2) is 8.02. The molecule has 0 atom stereocenters. The van der Waals surface area contributed by atoms with Crippen LogP contribution in [0.2, 0.25) is 5.02 Å². The fourth-order valence-corrected chi connectivity index (χ4v) is 4.26. The van der Waals surface area contributed by atoms with Crippen LogP contribution in [-0.2, 0) is 0 Å². The van der Waals surface area contributed by atoms with Crippen molar-refractivity contribution in [2.24, 2.45) is 0 Å². The van der Waals surface area contributed by atoms with E-state index in [2.05, 4.69) is 9.97 Å². The zero-order chi connectivity index (χ0) is 21.4. The third-order valence-corrected chi connectivity index (χ3v) is 6.01. The van der Waals surface area contributed by atoms with E-state index in [0.717, 1.165) is 26.7 Å². The normalized spacial score (nSPS) is 11.2. The Morgan fingerprint density at radius 1 is 1.00 bits per heavy atom. The number of hydrogen-bond donors (Lipinski definition) is 1. The molecule has 0 aliphatic carbocycles. The summed E-state index contributed by atoms with van der Waals surface area (Å²) in [7, 11) is 0. The largest absolute Gasteiger partial charge is 0.313 e. The van der Waals surface area contributed by atoms with Crippen LogP contribution in [0, 0.1) is 5.82 Å². The van der Waals surface area contributed by atoms with E-state index >= 15 is 0 Å². The zero-order valence-electron chi connectivity index (χ0n) is 15.9. The Hall–Kier alpha value is -3.42. The van der Waals surface area contributed by atoms with E-state index in [1.807, 2.05) is 42.6 Å². The first-order valence-corrected chi connectivity index (χ1v) is 10.5. The van der Waals surface area contributed by atoms with Gasteiger partial charge in [-0.2, -0.15) is 5.10 Å². The van der Waals surface area contributed by atoms with Gasteiger partial charge in [0.15, 0.2) is 0 Å². The highest BCUT2D eigenvalue weighted by Crippen LogP contribution is 2.37. The van der Waals surface area contributed by atoms with E-state index in [1.54, 1.807) is 34.6 Å². The number of hydrogen-bond acceptors (Lipinski definition) is 4. The van der Waals surface area contributed by atoms with Gasteiger partial charge in [0.25, 0.3) is 5.56 Å². The van der Waals surface area contributed by atoms with Crippen LogP contribution >= 0.6 is 23.4 Å². The first kappa shape index (κ1) is 19.5. The summed E-state index contributed by atoms with van der Waals surface area (Å²) in [5.74, 6) is -0.308. The molecular formula is C23H14ClFN4OS. The molecule has 2 heterocycles. The maximum Gasteiger partial charge on any atom is 0.258 e. The Balaban J connectivity index is 1.64. The zero-order valence-corrected chi connectivity index (χ0v) is 17.5. The molecule has 0 fully saturated rings. The van der Waals surface area contributed by atoms with Crippen molar-refractivity contribution in [2.75, 3.05) is 0 Å². The van der Waals surface area contributed by atoms with Crippen molar-refractivity contribution in [3.8, 4) is 16.9 Å². The molecule has 8 heteroatoms. The van der Waals surface area contributed by atoms with E-state index in [4.69, 9.17) is 16.7 Å². The second-order valence-electron chi connectivity index (χ2n) is 6.78. The summed E-state index contributed by atoms with van der Waals surface area (Å²) in [5.41, 5.74) is 2.68. The number of aromatic amines is 1. The van der Waals surface area contributed by atoms with Crippen molar-refractivity contribution in [2.45, 2.75) is 9.79 Å². The van der Waals surface area contributed by atoms with E-state index in [1.165, 1.54) is 18.5 Å². The van der Waals surface area contributed by atoms with Gasteiger partial charge in [0, 0.05) is 21.7 Å². The second-order valence-corrected chi connectivity index (χ2v) is 8.33. The van der Waals surface area contributed by atoms with Crippen LogP contribution in [0.4, 0.5) is 4.39 Å². The first-order valence-electron chi connectivity index (χ1n) is 9.34. The average Bonchev–Trinajstić information content (AvgIpc) is 3.19. The molecule has 31 heavy (non-hydrogen) atoms. The van der Waals surface area contributed by atoms with Crippen LogP contribution in [0.25, 0.3) is 27.8 Å². The number of nitrogens with one attached hydrogen (secondary N) is 1. The highest BCUT2D eigenvalue weighted by atomic mass is 35.5. The molecule has 5 nitrogen and oxygen atoms in total.